The van der Waals surface area contributed by atoms with Crippen molar-refractivity contribution in [3.63, 3.8) is 0 Å². The van der Waals surface area contributed by atoms with Crippen LogP contribution in [0, 0.1) is 0 Å². The van der Waals surface area contributed by atoms with Gasteiger partial charge in [0.25, 0.3) is 0 Å². The topological polar surface area (TPSA) is 82.3 Å². The van der Waals surface area contributed by atoms with Gasteiger partial charge in [-0.2, -0.15) is 9.97 Å². The zero-order valence-corrected chi connectivity index (χ0v) is 30.6. The molecule has 56 heavy (non-hydrogen) atoms. The normalized spacial score (nSPS) is 11.6. The summed E-state index contributed by atoms with van der Waals surface area (Å²) in [5.74, 6) is 3.70. The molecule has 0 fully saturated rings. The summed E-state index contributed by atoms with van der Waals surface area (Å²) in [7, 11) is 0. The van der Waals surface area contributed by atoms with E-state index < -0.39 is 0 Å². The Kier molecular flexibility index (Phi) is 7.53. The lowest BCUT2D eigenvalue weighted by molar-refractivity contribution is 0.954. The van der Waals surface area contributed by atoms with Crippen LogP contribution < -0.4 is 0 Å². The number of benzene rings is 7. The smallest absolute Gasteiger partial charge is 0.238 e. The predicted octanol–water partition coefficient (Wildman–Crippen LogP) is 11.9. The van der Waals surface area contributed by atoms with Gasteiger partial charge in [-0.25, -0.2) is 19.9 Å². The quantitative estimate of drug-likeness (QED) is 0.169. The van der Waals surface area contributed by atoms with Crippen molar-refractivity contribution < 1.29 is 0 Å². The second-order valence-electron chi connectivity index (χ2n) is 13.6. The summed E-state index contributed by atoms with van der Waals surface area (Å²) in [4.78, 5) is 30.4. The molecule has 11 aromatic rings. The van der Waals surface area contributed by atoms with Crippen molar-refractivity contribution in [1.82, 2.24) is 34.5 Å². The molecule has 0 N–H and O–H groups in total. The third kappa shape index (κ3) is 5.42. The Hall–Kier alpha value is -7.42. The maximum atomic E-state index is 5.19. The molecule has 262 valence electrons. The highest BCUT2D eigenvalue weighted by molar-refractivity contribution is 7.26. The van der Waals surface area contributed by atoms with Crippen molar-refractivity contribution >= 4 is 53.3 Å². The lowest BCUT2D eigenvalue weighted by Gasteiger charge is -2.11. The lowest BCUT2D eigenvalue weighted by atomic mass is 10.1. The molecule has 7 aromatic carbocycles. The summed E-state index contributed by atoms with van der Waals surface area (Å²) < 4.78 is 4.37. The van der Waals surface area contributed by atoms with Gasteiger partial charge in [-0.1, -0.05) is 152 Å². The minimum atomic E-state index is 0.572. The van der Waals surface area contributed by atoms with E-state index in [0.717, 1.165) is 69.8 Å². The molecule has 0 amide bonds. The summed E-state index contributed by atoms with van der Waals surface area (Å²) in [5.41, 5.74) is 6.76. The minimum Gasteiger partial charge on any atom is -0.278 e. The fourth-order valence-corrected chi connectivity index (χ4v) is 8.74. The number of rotatable bonds is 6. The molecule has 0 unspecified atom stereocenters. The summed E-state index contributed by atoms with van der Waals surface area (Å²) in [6.45, 7) is 0. The van der Waals surface area contributed by atoms with E-state index in [2.05, 4.69) is 89.5 Å². The van der Waals surface area contributed by atoms with Crippen molar-refractivity contribution in [2.24, 2.45) is 0 Å². The van der Waals surface area contributed by atoms with Crippen LogP contribution in [-0.2, 0) is 0 Å². The van der Waals surface area contributed by atoms with E-state index in [-0.39, 0.29) is 0 Å². The third-order valence-electron chi connectivity index (χ3n) is 10.1. The molecule has 0 bridgehead atoms. The minimum absolute atomic E-state index is 0.572. The lowest BCUT2D eigenvalue weighted by Crippen LogP contribution is -2.06. The highest BCUT2D eigenvalue weighted by Crippen LogP contribution is 2.41. The monoisotopic (exact) mass is 735 g/mol. The first-order chi connectivity index (χ1) is 27.7. The van der Waals surface area contributed by atoms with E-state index in [9.17, 15) is 0 Å². The van der Waals surface area contributed by atoms with Crippen molar-refractivity contribution in [3.05, 3.63) is 176 Å². The van der Waals surface area contributed by atoms with Crippen LogP contribution in [0.4, 0.5) is 0 Å². The van der Waals surface area contributed by atoms with Crippen LogP contribution in [0.1, 0.15) is 0 Å². The number of para-hydroxylation sites is 2. The second-order valence-corrected chi connectivity index (χ2v) is 14.6. The van der Waals surface area contributed by atoms with E-state index in [1.165, 1.54) is 0 Å². The molecule has 4 heterocycles. The number of thiophene rings is 1. The van der Waals surface area contributed by atoms with E-state index >= 15 is 0 Å². The molecule has 0 aliphatic heterocycles. The molecule has 0 radical (unpaired) electrons. The molecular weight excluding hydrogens is 707 g/mol. The molecule has 7 nitrogen and oxygen atoms in total. The molecule has 0 aliphatic rings. The fraction of sp³-hybridized carbons (Fsp3) is 0. The highest BCUT2D eigenvalue weighted by Gasteiger charge is 2.20. The van der Waals surface area contributed by atoms with Gasteiger partial charge in [0.1, 0.15) is 0 Å². The molecule has 4 aromatic heterocycles. The average molecular weight is 736 g/mol. The summed E-state index contributed by atoms with van der Waals surface area (Å²) in [6.07, 6.45) is 0. The van der Waals surface area contributed by atoms with Crippen molar-refractivity contribution in [2.75, 3.05) is 0 Å². The SMILES string of the molecule is c1ccc(-c2nc(-c3ccccc3)nc(-c3cccc4c3sc3cc(-c5nc(-c6ccccc6)nc(-n6c7ccccc7c7ccccc76)n5)ccc34)n2)cc1. The number of hydrogen-bond donors (Lipinski definition) is 0. The van der Waals surface area contributed by atoms with Gasteiger partial charge < -0.3 is 0 Å². The largest absolute Gasteiger partial charge is 0.278 e. The molecule has 11 rings (SSSR count). The molecule has 0 atom stereocenters. The number of nitrogens with zero attached hydrogens (tertiary/aromatic N) is 7. The van der Waals surface area contributed by atoms with Gasteiger partial charge in [0, 0.05) is 58.8 Å². The van der Waals surface area contributed by atoms with Gasteiger partial charge in [-0.15, -0.1) is 11.3 Å². The van der Waals surface area contributed by atoms with Gasteiger partial charge >= 0.3 is 0 Å². The Morgan fingerprint density at radius 3 is 1.38 bits per heavy atom. The third-order valence-corrected chi connectivity index (χ3v) is 11.3. The average Bonchev–Trinajstić information content (AvgIpc) is 3.83. The Bertz CT molecular complexity index is 3140. The zero-order chi connectivity index (χ0) is 37.0. The van der Waals surface area contributed by atoms with Crippen LogP contribution in [0.25, 0.3) is 105 Å². The van der Waals surface area contributed by atoms with Gasteiger partial charge in [0.2, 0.25) is 5.95 Å². The Labute approximate surface area is 325 Å². The molecular formula is C48H29N7S. The number of aromatic nitrogens is 7. The Morgan fingerprint density at radius 1 is 0.339 bits per heavy atom. The molecule has 8 heteroatoms. The molecule has 0 saturated heterocycles. The van der Waals surface area contributed by atoms with E-state index in [1.807, 2.05) is 91.0 Å². The summed E-state index contributed by atoms with van der Waals surface area (Å²) in [6, 6.07) is 59.9. The van der Waals surface area contributed by atoms with Crippen LogP contribution >= 0.6 is 11.3 Å². The van der Waals surface area contributed by atoms with Gasteiger partial charge in [0.15, 0.2) is 29.1 Å². The number of hydrogen-bond acceptors (Lipinski definition) is 7. The number of fused-ring (bicyclic) bond motifs is 6. The van der Waals surface area contributed by atoms with Gasteiger partial charge in [-0.3, -0.25) is 4.57 Å². The maximum Gasteiger partial charge on any atom is 0.238 e. The van der Waals surface area contributed by atoms with Crippen molar-refractivity contribution in [1.29, 1.82) is 0 Å². The van der Waals surface area contributed by atoms with Crippen LogP contribution in [0.15, 0.2) is 176 Å². The first-order valence-corrected chi connectivity index (χ1v) is 19.2. The van der Waals surface area contributed by atoms with E-state index in [0.29, 0.717) is 35.1 Å². The Balaban J connectivity index is 1.09. The van der Waals surface area contributed by atoms with E-state index in [4.69, 9.17) is 29.9 Å². The molecule has 0 aliphatic carbocycles. The Morgan fingerprint density at radius 2 is 0.804 bits per heavy atom. The molecule has 0 saturated carbocycles. The van der Waals surface area contributed by atoms with Crippen LogP contribution in [0.5, 0.6) is 0 Å². The van der Waals surface area contributed by atoms with Gasteiger partial charge in [-0.05, 0) is 24.3 Å². The van der Waals surface area contributed by atoms with Gasteiger partial charge in [0.05, 0.1) is 11.0 Å². The van der Waals surface area contributed by atoms with Crippen LogP contribution in [0.3, 0.4) is 0 Å². The first-order valence-electron chi connectivity index (χ1n) is 18.4. The second kappa shape index (κ2) is 13.2. The standard InChI is InChI=1S/C48H29N7S/c1-4-15-30(16-5-1)43-49-44(31-17-6-2-7-18-31)52-47(51-43)38-24-14-23-37-36-28-27-33(29-41(36)56-42(37)38)46-50-45(32-19-8-3-9-20-32)53-48(54-46)55-39-25-12-10-21-34(39)35-22-11-13-26-40(35)55/h1-29H. The van der Waals surface area contributed by atoms with E-state index in [1.54, 1.807) is 11.3 Å². The van der Waals surface area contributed by atoms with Crippen molar-refractivity contribution in [2.45, 2.75) is 0 Å². The molecule has 0 spiro atoms. The summed E-state index contributed by atoms with van der Waals surface area (Å²) >= 11 is 1.72. The maximum absolute atomic E-state index is 5.19. The summed E-state index contributed by atoms with van der Waals surface area (Å²) in [5, 5.41) is 4.59. The van der Waals surface area contributed by atoms with Crippen LogP contribution in [0.2, 0.25) is 0 Å². The fourth-order valence-electron chi connectivity index (χ4n) is 7.49. The van der Waals surface area contributed by atoms with Crippen molar-refractivity contribution in [3.8, 4) is 62.9 Å². The van der Waals surface area contributed by atoms with Crippen LogP contribution in [-0.4, -0.2) is 34.5 Å². The first kappa shape index (κ1) is 32.0. The zero-order valence-electron chi connectivity index (χ0n) is 29.8. The highest BCUT2D eigenvalue weighted by atomic mass is 32.1. The predicted molar refractivity (Wildman–Crippen MR) is 228 cm³/mol.